The Morgan fingerprint density at radius 2 is 1.77 bits per heavy atom. The number of carbonyl (C=O) groups is 1. The molecule has 1 aliphatic rings. The Morgan fingerprint density at radius 1 is 1.03 bits per heavy atom. The molecule has 0 bridgehead atoms. The van der Waals surface area contributed by atoms with Crippen molar-refractivity contribution in [1.82, 2.24) is 19.7 Å². The highest BCUT2D eigenvalue weighted by atomic mass is 32.2. The van der Waals surface area contributed by atoms with Gasteiger partial charge in [0.2, 0.25) is 5.91 Å². The van der Waals surface area contributed by atoms with Gasteiger partial charge in [-0.1, -0.05) is 43.8 Å². The van der Waals surface area contributed by atoms with Gasteiger partial charge in [0.25, 0.3) is 0 Å². The Kier molecular flexibility index (Phi) is 6.65. The highest BCUT2D eigenvalue weighted by Gasteiger charge is 2.28. The van der Waals surface area contributed by atoms with Crippen LogP contribution in [0.3, 0.4) is 0 Å². The molecule has 3 aromatic rings. The second-order valence-corrected chi connectivity index (χ2v) is 9.38. The minimum Gasteiger partial charge on any atom is -0.467 e. The number of benzene rings is 1. The number of carbonyl (C=O) groups excluding carboxylic acids is 1. The number of thioether (sulfide) groups is 1. The first kappa shape index (κ1) is 21.5. The molecule has 31 heavy (non-hydrogen) atoms. The summed E-state index contributed by atoms with van der Waals surface area (Å²) in [6, 6.07) is 14.2. The van der Waals surface area contributed by atoms with E-state index in [1.807, 2.05) is 30.0 Å². The second kappa shape index (κ2) is 9.60. The zero-order valence-corrected chi connectivity index (χ0v) is 19.1. The van der Waals surface area contributed by atoms with Gasteiger partial charge in [-0.3, -0.25) is 9.36 Å². The van der Waals surface area contributed by atoms with Gasteiger partial charge in [0.05, 0.1) is 18.1 Å². The van der Waals surface area contributed by atoms with Gasteiger partial charge in [-0.25, -0.2) is 0 Å². The summed E-state index contributed by atoms with van der Waals surface area (Å²) in [6.45, 7) is 9.86. The van der Waals surface area contributed by atoms with Crippen molar-refractivity contribution in [2.45, 2.75) is 43.6 Å². The summed E-state index contributed by atoms with van der Waals surface area (Å²) in [4.78, 5) is 17.4. The van der Waals surface area contributed by atoms with Crippen LogP contribution in [0.25, 0.3) is 0 Å². The van der Waals surface area contributed by atoms with Gasteiger partial charge in [0, 0.05) is 37.8 Å². The molecule has 8 heteroatoms. The third-order valence-corrected chi connectivity index (χ3v) is 6.57. The Bertz CT molecular complexity index is 979. The predicted molar refractivity (Wildman–Crippen MR) is 122 cm³/mol. The molecule has 1 atom stereocenters. The number of amides is 1. The Labute approximate surface area is 187 Å². The van der Waals surface area contributed by atoms with Gasteiger partial charge in [-0.05, 0) is 31.2 Å². The summed E-state index contributed by atoms with van der Waals surface area (Å²) in [5.74, 6) is 2.12. The third kappa shape index (κ3) is 4.95. The molecule has 0 aliphatic carbocycles. The van der Waals surface area contributed by atoms with E-state index in [0.29, 0.717) is 6.54 Å². The standard InChI is InChI=1S/C23H29N5O2S/c1-17(2)21-24-25-23(28(21)16-20-10-7-15-30-20)31-18(3)22(29)27-13-11-26(12-14-27)19-8-5-4-6-9-19/h4-10,15,17-18H,11-14,16H2,1-3H3. The molecule has 1 saturated heterocycles. The molecule has 1 aliphatic heterocycles. The van der Waals surface area contributed by atoms with Gasteiger partial charge < -0.3 is 14.2 Å². The van der Waals surface area contributed by atoms with Crippen molar-refractivity contribution in [1.29, 1.82) is 0 Å². The molecule has 0 saturated carbocycles. The maximum absolute atomic E-state index is 13.1. The summed E-state index contributed by atoms with van der Waals surface area (Å²) in [6.07, 6.45) is 1.67. The maximum Gasteiger partial charge on any atom is 0.236 e. The van der Waals surface area contributed by atoms with E-state index in [1.165, 1.54) is 17.4 Å². The summed E-state index contributed by atoms with van der Waals surface area (Å²) in [7, 11) is 0. The Balaban J connectivity index is 1.40. The minimum absolute atomic E-state index is 0.149. The number of anilines is 1. The van der Waals surface area contributed by atoms with Crippen molar-refractivity contribution in [2.75, 3.05) is 31.1 Å². The summed E-state index contributed by atoms with van der Waals surface area (Å²) < 4.78 is 7.59. The van der Waals surface area contributed by atoms with Crippen molar-refractivity contribution in [3.8, 4) is 0 Å². The number of hydrogen-bond donors (Lipinski definition) is 0. The lowest BCUT2D eigenvalue weighted by Gasteiger charge is -2.37. The lowest BCUT2D eigenvalue weighted by atomic mass is 10.2. The number of rotatable bonds is 7. The van der Waals surface area contributed by atoms with Gasteiger partial charge >= 0.3 is 0 Å². The first-order valence-electron chi connectivity index (χ1n) is 10.7. The fraction of sp³-hybridized carbons (Fsp3) is 0.435. The van der Waals surface area contributed by atoms with Crippen LogP contribution in [0.1, 0.15) is 38.3 Å². The van der Waals surface area contributed by atoms with E-state index in [-0.39, 0.29) is 17.1 Å². The molecule has 3 heterocycles. The summed E-state index contributed by atoms with van der Waals surface area (Å²) in [5.41, 5.74) is 1.21. The molecular weight excluding hydrogens is 410 g/mol. The van der Waals surface area contributed by atoms with E-state index in [4.69, 9.17) is 4.42 Å². The highest BCUT2D eigenvalue weighted by Crippen LogP contribution is 2.27. The predicted octanol–water partition coefficient (Wildman–Crippen LogP) is 3.87. The SMILES string of the molecule is CC(Sc1nnc(C(C)C)n1Cc1ccco1)C(=O)N1CCN(c2ccccc2)CC1. The first-order valence-corrected chi connectivity index (χ1v) is 11.6. The second-order valence-electron chi connectivity index (χ2n) is 8.07. The lowest BCUT2D eigenvalue weighted by Crippen LogP contribution is -2.50. The van der Waals surface area contributed by atoms with E-state index in [0.717, 1.165) is 42.9 Å². The van der Waals surface area contributed by atoms with Gasteiger partial charge in [0.15, 0.2) is 5.16 Å². The molecule has 7 nitrogen and oxygen atoms in total. The van der Waals surface area contributed by atoms with Crippen LogP contribution in [0.4, 0.5) is 5.69 Å². The smallest absolute Gasteiger partial charge is 0.236 e. The zero-order chi connectivity index (χ0) is 21.8. The topological polar surface area (TPSA) is 67.4 Å². The average molecular weight is 440 g/mol. The zero-order valence-electron chi connectivity index (χ0n) is 18.3. The van der Waals surface area contributed by atoms with Gasteiger partial charge in [-0.15, -0.1) is 10.2 Å². The van der Waals surface area contributed by atoms with Crippen LogP contribution in [0.5, 0.6) is 0 Å². The largest absolute Gasteiger partial charge is 0.467 e. The lowest BCUT2D eigenvalue weighted by molar-refractivity contribution is -0.130. The number of furan rings is 1. The van der Waals surface area contributed by atoms with Crippen molar-refractivity contribution >= 4 is 23.4 Å². The monoisotopic (exact) mass is 439 g/mol. The van der Waals surface area contributed by atoms with Crippen molar-refractivity contribution in [3.05, 3.63) is 60.3 Å². The minimum atomic E-state index is -0.233. The molecule has 1 aromatic carbocycles. The Hall–Kier alpha value is -2.74. The highest BCUT2D eigenvalue weighted by molar-refractivity contribution is 8.00. The number of hydrogen-bond acceptors (Lipinski definition) is 6. The number of nitrogens with zero attached hydrogens (tertiary/aromatic N) is 5. The van der Waals surface area contributed by atoms with E-state index in [9.17, 15) is 4.79 Å². The molecule has 2 aromatic heterocycles. The van der Waals surface area contributed by atoms with Crippen LogP contribution in [0.2, 0.25) is 0 Å². The number of aromatic nitrogens is 3. The third-order valence-electron chi connectivity index (χ3n) is 5.50. The summed E-state index contributed by atoms with van der Waals surface area (Å²) in [5, 5.41) is 9.30. The fourth-order valence-corrected chi connectivity index (χ4v) is 4.75. The van der Waals surface area contributed by atoms with Gasteiger partial charge in [0.1, 0.15) is 11.6 Å². The fourth-order valence-electron chi connectivity index (χ4n) is 3.81. The van der Waals surface area contributed by atoms with Crippen molar-refractivity contribution in [2.24, 2.45) is 0 Å². The van der Waals surface area contributed by atoms with Crippen LogP contribution in [0, 0.1) is 0 Å². The van der Waals surface area contributed by atoms with E-state index in [1.54, 1.807) is 6.26 Å². The van der Waals surface area contributed by atoms with E-state index in [2.05, 4.69) is 57.8 Å². The van der Waals surface area contributed by atoms with Crippen LogP contribution in [-0.4, -0.2) is 57.0 Å². The molecule has 0 N–H and O–H groups in total. The molecule has 0 spiro atoms. The molecule has 1 amide bonds. The molecule has 164 valence electrons. The Morgan fingerprint density at radius 3 is 2.42 bits per heavy atom. The first-order chi connectivity index (χ1) is 15.0. The van der Waals surface area contributed by atoms with Crippen molar-refractivity contribution in [3.63, 3.8) is 0 Å². The molecular formula is C23H29N5O2S. The van der Waals surface area contributed by atoms with Crippen LogP contribution in [-0.2, 0) is 11.3 Å². The van der Waals surface area contributed by atoms with Crippen LogP contribution < -0.4 is 4.90 Å². The molecule has 1 unspecified atom stereocenters. The number of para-hydroxylation sites is 1. The molecule has 0 radical (unpaired) electrons. The van der Waals surface area contributed by atoms with Gasteiger partial charge in [-0.2, -0.15) is 0 Å². The van der Waals surface area contributed by atoms with E-state index < -0.39 is 0 Å². The number of piperazine rings is 1. The van der Waals surface area contributed by atoms with Crippen LogP contribution >= 0.6 is 11.8 Å². The van der Waals surface area contributed by atoms with Crippen LogP contribution in [0.15, 0.2) is 58.3 Å². The normalized spacial score (nSPS) is 15.5. The summed E-state index contributed by atoms with van der Waals surface area (Å²) >= 11 is 1.47. The molecule has 4 rings (SSSR count). The maximum atomic E-state index is 13.1. The molecule has 1 fully saturated rings. The quantitative estimate of drug-likeness (QED) is 0.521. The van der Waals surface area contributed by atoms with Crippen molar-refractivity contribution < 1.29 is 9.21 Å². The van der Waals surface area contributed by atoms with E-state index >= 15 is 0 Å². The average Bonchev–Trinajstić information content (AvgIpc) is 3.45.